The molecule has 0 radical (unpaired) electrons. The van der Waals surface area contributed by atoms with E-state index < -0.39 is 6.10 Å². The first kappa shape index (κ1) is 66.9. The van der Waals surface area contributed by atoms with Gasteiger partial charge in [0.25, 0.3) is 0 Å². The van der Waals surface area contributed by atoms with Gasteiger partial charge in [-0.15, -0.1) is 0 Å². The highest BCUT2D eigenvalue weighted by Gasteiger charge is 2.19. The Morgan fingerprint density at radius 1 is 0.300 bits per heavy atom. The smallest absolute Gasteiger partial charge is 0.306 e. The molecule has 0 amide bonds. The third-order valence-electron chi connectivity index (χ3n) is 12.9. The van der Waals surface area contributed by atoms with Crippen LogP contribution in [-0.2, 0) is 28.6 Å². The molecule has 0 aliphatic carbocycles. The third-order valence-corrected chi connectivity index (χ3v) is 12.9. The van der Waals surface area contributed by atoms with E-state index in [-0.39, 0.29) is 31.1 Å². The lowest BCUT2D eigenvalue weighted by atomic mass is 10.1. The molecule has 0 saturated carbocycles. The van der Waals surface area contributed by atoms with Crippen LogP contribution in [0.5, 0.6) is 0 Å². The van der Waals surface area contributed by atoms with E-state index in [2.05, 4.69) is 93.7 Å². The maximum absolute atomic E-state index is 12.9. The molecule has 0 rings (SSSR count). The number of unbranched alkanes of at least 4 members (excludes halogenated alkanes) is 31. The number of hydrogen-bond acceptors (Lipinski definition) is 6. The lowest BCUT2D eigenvalue weighted by Gasteiger charge is -2.18. The SMILES string of the molecule is CC/C=C\C/C=C\C/C=C\C/C=C\CCCCCCCCC(=O)OCC(COC(=O)CCCCCCC/C=C\CCCCCCCCC)OC(=O)CCCCCCCCC/C=C\CCCCCCCC. The first-order valence-electron chi connectivity index (χ1n) is 29.9. The van der Waals surface area contributed by atoms with Crippen LogP contribution in [-0.4, -0.2) is 37.2 Å². The van der Waals surface area contributed by atoms with Crippen LogP contribution in [0.25, 0.3) is 0 Å². The van der Waals surface area contributed by atoms with Crippen molar-refractivity contribution in [3.8, 4) is 0 Å². The number of hydrogen-bond donors (Lipinski definition) is 0. The Labute approximate surface area is 433 Å². The molecule has 0 aromatic carbocycles. The third kappa shape index (κ3) is 55.8. The largest absolute Gasteiger partial charge is 0.462 e. The van der Waals surface area contributed by atoms with Crippen LogP contribution in [0.15, 0.2) is 72.9 Å². The van der Waals surface area contributed by atoms with E-state index in [0.717, 1.165) is 96.3 Å². The Morgan fingerprint density at radius 2 is 0.557 bits per heavy atom. The maximum atomic E-state index is 12.9. The maximum Gasteiger partial charge on any atom is 0.306 e. The number of allylic oxidation sites excluding steroid dienone is 12. The minimum absolute atomic E-state index is 0.0851. The molecule has 0 aromatic heterocycles. The van der Waals surface area contributed by atoms with E-state index in [1.54, 1.807) is 0 Å². The van der Waals surface area contributed by atoms with E-state index in [0.29, 0.717) is 19.3 Å². The van der Waals surface area contributed by atoms with Crippen molar-refractivity contribution < 1.29 is 28.6 Å². The number of esters is 3. The number of carbonyl (C=O) groups excluding carboxylic acids is 3. The quantitative estimate of drug-likeness (QED) is 0.0261. The van der Waals surface area contributed by atoms with Crippen molar-refractivity contribution >= 4 is 17.9 Å². The van der Waals surface area contributed by atoms with Crippen LogP contribution in [0.3, 0.4) is 0 Å². The lowest BCUT2D eigenvalue weighted by molar-refractivity contribution is -0.167. The highest BCUT2D eigenvalue weighted by Crippen LogP contribution is 2.15. The summed E-state index contributed by atoms with van der Waals surface area (Å²) in [6.07, 6.45) is 74.6. The molecule has 0 fully saturated rings. The zero-order valence-corrected chi connectivity index (χ0v) is 46.3. The summed E-state index contributed by atoms with van der Waals surface area (Å²) in [7, 11) is 0. The van der Waals surface area contributed by atoms with E-state index in [1.165, 1.54) is 161 Å². The van der Waals surface area contributed by atoms with Crippen molar-refractivity contribution in [2.24, 2.45) is 0 Å². The Bertz CT molecular complexity index is 1310. The normalized spacial score (nSPS) is 12.6. The molecule has 0 N–H and O–H groups in total. The molecule has 0 aliphatic rings. The summed E-state index contributed by atoms with van der Waals surface area (Å²) in [5.41, 5.74) is 0. The molecule has 0 spiro atoms. The van der Waals surface area contributed by atoms with Crippen LogP contribution in [0.2, 0.25) is 0 Å². The predicted molar refractivity (Wildman–Crippen MR) is 302 cm³/mol. The van der Waals surface area contributed by atoms with Gasteiger partial charge in [0.2, 0.25) is 0 Å². The van der Waals surface area contributed by atoms with Crippen molar-refractivity contribution in [2.45, 2.75) is 303 Å². The fraction of sp³-hybridized carbons (Fsp3) is 0.766. The molecule has 6 nitrogen and oxygen atoms in total. The molecule has 0 aliphatic heterocycles. The zero-order chi connectivity index (χ0) is 50.7. The highest BCUT2D eigenvalue weighted by atomic mass is 16.6. The topological polar surface area (TPSA) is 78.9 Å². The van der Waals surface area contributed by atoms with Gasteiger partial charge in [-0.3, -0.25) is 14.4 Å². The van der Waals surface area contributed by atoms with Gasteiger partial charge in [0, 0.05) is 19.3 Å². The van der Waals surface area contributed by atoms with E-state index in [4.69, 9.17) is 14.2 Å². The number of rotatable bonds is 54. The Hall–Kier alpha value is -3.15. The summed E-state index contributed by atoms with van der Waals surface area (Å²) in [6.45, 7) is 6.52. The molecule has 1 atom stereocenters. The van der Waals surface area contributed by atoms with Crippen molar-refractivity contribution in [3.63, 3.8) is 0 Å². The molecule has 0 aromatic rings. The highest BCUT2D eigenvalue weighted by molar-refractivity contribution is 5.71. The van der Waals surface area contributed by atoms with E-state index in [1.807, 2.05) is 0 Å². The van der Waals surface area contributed by atoms with Crippen LogP contribution in [0.4, 0.5) is 0 Å². The summed E-state index contributed by atoms with van der Waals surface area (Å²) < 4.78 is 16.9. The average molecular weight is 978 g/mol. The molecular formula is C64H112O6. The second-order valence-corrected chi connectivity index (χ2v) is 19.9. The molecule has 6 heteroatoms. The van der Waals surface area contributed by atoms with E-state index in [9.17, 15) is 14.4 Å². The van der Waals surface area contributed by atoms with Gasteiger partial charge in [-0.2, -0.15) is 0 Å². The minimum Gasteiger partial charge on any atom is -0.462 e. The standard InChI is InChI=1S/C64H112O6/c1-4-7-10-13-16-19-22-25-28-31-32-34-36-39-42-45-48-51-54-57-63(66)69-60-61(59-68-62(65)56-53-50-47-44-41-38-35-30-27-24-21-18-15-12-9-6-3)70-64(67)58-55-52-49-46-43-40-37-33-29-26-23-20-17-14-11-8-5-2/h7,10,16,19,25-26,28-30,32,34-35,61H,4-6,8-9,11-15,17-18,20-24,27,31,33,36-60H2,1-3H3/b10-7-,19-16-,28-25-,29-26-,34-32-,35-30-. The summed E-state index contributed by atoms with van der Waals surface area (Å²) in [4.78, 5) is 38.2. The second kappa shape index (κ2) is 58.4. The predicted octanol–water partition coefficient (Wildman–Crippen LogP) is 20.2. The van der Waals surface area contributed by atoms with Crippen LogP contribution >= 0.6 is 0 Å². The molecular weight excluding hydrogens is 865 g/mol. The molecule has 0 heterocycles. The van der Waals surface area contributed by atoms with Gasteiger partial charge in [-0.1, -0.05) is 241 Å². The Morgan fingerprint density at radius 3 is 0.886 bits per heavy atom. The number of ether oxygens (including phenoxy) is 3. The minimum atomic E-state index is -0.788. The van der Waals surface area contributed by atoms with Crippen molar-refractivity contribution in [3.05, 3.63) is 72.9 Å². The zero-order valence-electron chi connectivity index (χ0n) is 46.3. The van der Waals surface area contributed by atoms with Crippen LogP contribution in [0.1, 0.15) is 297 Å². The van der Waals surface area contributed by atoms with Crippen molar-refractivity contribution in [1.82, 2.24) is 0 Å². The summed E-state index contributed by atoms with van der Waals surface area (Å²) >= 11 is 0. The van der Waals surface area contributed by atoms with Gasteiger partial charge in [0.15, 0.2) is 6.10 Å². The van der Waals surface area contributed by atoms with Gasteiger partial charge < -0.3 is 14.2 Å². The fourth-order valence-electron chi connectivity index (χ4n) is 8.42. The fourth-order valence-corrected chi connectivity index (χ4v) is 8.42. The van der Waals surface area contributed by atoms with Gasteiger partial charge >= 0.3 is 17.9 Å². The molecule has 404 valence electrons. The monoisotopic (exact) mass is 977 g/mol. The molecule has 1 unspecified atom stereocenters. The van der Waals surface area contributed by atoms with Crippen LogP contribution in [0, 0.1) is 0 Å². The van der Waals surface area contributed by atoms with Crippen LogP contribution < -0.4 is 0 Å². The van der Waals surface area contributed by atoms with E-state index >= 15 is 0 Å². The second-order valence-electron chi connectivity index (χ2n) is 19.9. The first-order valence-corrected chi connectivity index (χ1v) is 29.9. The average Bonchev–Trinajstić information content (AvgIpc) is 3.36. The summed E-state index contributed by atoms with van der Waals surface area (Å²) in [5.74, 6) is -0.901. The molecule has 0 saturated heterocycles. The van der Waals surface area contributed by atoms with Gasteiger partial charge in [0.05, 0.1) is 0 Å². The van der Waals surface area contributed by atoms with Crippen molar-refractivity contribution in [1.29, 1.82) is 0 Å². The summed E-state index contributed by atoms with van der Waals surface area (Å²) in [6, 6.07) is 0. The Kier molecular flexibility index (Phi) is 55.8. The van der Waals surface area contributed by atoms with Gasteiger partial charge in [0.1, 0.15) is 13.2 Å². The lowest BCUT2D eigenvalue weighted by Crippen LogP contribution is -2.30. The Balaban J connectivity index is 4.41. The molecule has 70 heavy (non-hydrogen) atoms. The summed E-state index contributed by atoms with van der Waals surface area (Å²) in [5, 5.41) is 0. The molecule has 0 bridgehead atoms. The number of carbonyl (C=O) groups is 3. The van der Waals surface area contributed by atoms with Gasteiger partial charge in [-0.05, 0) is 109 Å². The van der Waals surface area contributed by atoms with Gasteiger partial charge in [-0.25, -0.2) is 0 Å². The van der Waals surface area contributed by atoms with Crippen molar-refractivity contribution in [2.75, 3.05) is 13.2 Å². The first-order chi connectivity index (χ1) is 34.5.